The highest BCUT2D eigenvalue weighted by Gasteiger charge is 2.18. The van der Waals surface area contributed by atoms with Gasteiger partial charge in [-0.1, -0.05) is 12.1 Å². The summed E-state index contributed by atoms with van der Waals surface area (Å²) in [4.78, 5) is 29.2. The number of hydrogen-bond donors (Lipinski definition) is 2. The van der Waals surface area contributed by atoms with Crippen LogP contribution in [-0.4, -0.2) is 52.6 Å². The first kappa shape index (κ1) is 14.4. The summed E-state index contributed by atoms with van der Waals surface area (Å²) in [6.07, 6.45) is 2.15. The lowest BCUT2D eigenvalue weighted by molar-refractivity contribution is -0.121. The molecule has 116 valence electrons. The zero-order valence-corrected chi connectivity index (χ0v) is 12.3. The molecule has 1 aromatic carbocycles. The minimum atomic E-state index is -0.0564. The van der Waals surface area contributed by atoms with E-state index in [1.807, 2.05) is 28.8 Å². The van der Waals surface area contributed by atoms with Crippen LogP contribution >= 0.6 is 0 Å². The smallest absolute Gasteiger partial charge is 0.317 e. The fourth-order valence-corrected chi connectivity index (χ4v) is 2.55. The van der Waals surface area contributed by atoms with Gasteiger partial charge in [-0.3, -0.25) is 4.79 Å². The number of nitrogens with one attached hydrogen (secondary N) is 2. The van der Waals surface area contributed by atoms with Crippen molar-refractivity contribution in [1.82, 2.24) is 25.1 Å². The van der Waals surface area contributed by atoms with Crippen LogP contribution in [-0.2, 0) is 11.3 Å². The van der Waals surface area contributed by atoms with E-state index in [1.54, 1.807) is 11.2 Å². The van der Waals surface area contributed by atoms with E-state index in [9.17, 15) is 9.59 Å². The van der Waals surface area contributed by atoms with Crippen LogP contribution in [0.4, 0.5) is 4.79 Å². The zero-order valence-electron chi connectivity index (χ0n) is 12.3. The van der Waals surface area contributed by atoms with Gasteiger partial charge in [0.2, 0.25) is 5.91 Å². The number of para-hydroxylation sites is 2. The van der Waals surface area contributed by atoms with Gasteiger partial charge in [0.05, 0.1) is 17.4 Å². The van der Waals surface area contributed by atoms with Crippen LogP contribution in [0.1, 0.15) is 6.42 Å². The number of amides is 3. The van der Waals surface area contributed by atoms with Crippen molar-refractivity contribution < 1.29 is 9.59 Å². The predicted molar refractivity (Wildman–Crippen MR) is 82.3 cm³/mol. The normalized spacial score (nSPS) is 14.4. The van der Waals surface area contributed by atoms with Crippen molar-refractivity contribution in [3.8, 4) is 0 Å². The van der Waals surface area contributed by atoms with Gasteiger partial charge >= 0.3 is 6.03 Å². The molecular weight excluding hydrogens is 282 g/mol. The lowest BCUT2D eigenvalue weighted by atomic mass is 10.3. The van der Waals surface area contributed by atoms with Crippen molar-refractivity contribution in [2.45, 2.75) is 13.0 Å². The lowest BCUT2D eigenvalue weighted by Crippen LogP contribution is -2.36. The zero-order chi connectivity index (χ0) is 15.4. The van der Waals surface area contributed by atoms with Gasteiger partial charge in [-0.2, -0.15) is 0 Å². The van der Waals surface area contributed by atoms with Crippen LogP contribution in [0.2, 0.25) is 0 Å². The topological polar surface area (TPSA) is 79.3 Å². The second kappa shape index (κ2) is 6.46. The number of carbonyl (C=O) groups excluding carboxylic acids is 2. The number of rotatable bonds is 6. The van der Waals surface area contributed by atoms with E-state index in [1.165, 1.54) is 0 Å². The molecule has 1 aromatic heterocycles. The van der Waals surface area contributed by atoms with Gasteiger partial charge < -0.3 is 20.1 Å². The van der Waals surface area contributed by atoms with Gasteiger partial charge in [-0.25, -0.2) is 9.78 Å². The number of urea groups is 1. The Morgan fingerprint density at radius 3 is 3.00 bits per heavy atom. The summed E-state index contributed by atoms with van der Waals surface area (Å²) < 4.78 is 1.98. The fraction of sp³-hybridized carbons (Fsp3) is 0.400. The number of nitrogens with zero attached hydrogens (tertiary/aromatic N) is 3. The van der Waals surface area contributed by atoms with Crippen LogP contribution in [0.3, 0.4) is 0 Å². The molecule has 22 heavy (non-hydrogen) atoms. The van der Waals surface area contributed by atoms with Gasteiger partial charge in [0.25, 0.3) is 0 Å². The molecule has 1 fully saturated rings. The largest absolute Gasteiger partial charge is 0.354 e. The molecule has 0 unspecified atom stereocenters. The number of aryl methyl sites for hydroxylation is 1. The summed E-state index contributed by atoms with van der Waals surface area (Å²) >= 11 is 0. The van der Waals surface area contributed by atoms with Gasteiger partial charge in [0.1, 0.15) is 0 Å². The predicted octanol–water partition coefficient (Wildman–Crippen LogP) is 0.568. The van der Waals surface area contributed by atoms with E-state index in [0.29, 0.717) is 39.1 Å². The number of aromatic nitrogens is 2. The van der Waals surface area contributed by atoms with Gasteiger partial charge in [-0.15, -0.1) is 0 Å². The fourth-order valence-electron chi connectivity index (χ4n) is 2.55. The number of carbonyl (C=O) groups is 2. The van der Waals surface area contributed by atoms with Crippen molar-refractivity contribution in [1.29, 1.82) is 0 Å². The molecule has 3 amide bonds. The Morgan fingerprint density at radius 1 is 1.32 bits per heavy atom. The van der Waals surface area contributed by atoms with Crippen LogP contribution < -0.4 is 10.6 Å². The molecule has 0 spiro atoms. The molecule has 0 aliphatic carbocycles. The average Bonchev–Trinajstić information content (AvgIpc) is 3.12. The van der Waals surface area contributed by atoms with Crippen molar-refractivity contribution in [3.63, 3.8) is 0 Å². The Bertz CT molecular complexity index is 681. The highest BCUT2D eigenvalue weighted by molar-refractivity contribution is 5.78. The monoisotopic (exact) mass is 301 g/mol. The first-order valence-corrected chi connectivity index (χ1v) is 7.43. The van der Waals surface area contributed by atoms with E-state index < -0.39 is 0 Å². The molecule has 1 saturated heterocycles. The molecule has 0 atom stereocenters. The number of benzene rings is 1. The quantitative estimate of drug-likeness (QED) is 0.818. The molecule has 0 saturated carbocycles. The minimum Gasteiger partial charge on any atom is -0.354 e. The van der Waals surface area contributed by atoms with Crippen LogP contribution in [0.15, 0.2) is 30.6 Å². The van der Waals surface area contributed by atoms with Crippen molar-refractivity contribution in [2.75, 3.05) is 26.2 Å². The average molecular weight is 301 g/mol. The molecule has 7 nitrogen and oxygen atoms in total. The van der Waals surface area contributed by atoms with Gasteiger partial charge in [0, 0.05) is 39.1 Å². The van der Waals surface area contributed by atoms with E-state index >= 15 is 0 Å². The van der Waals surface area contributed by atoms with E-state index in [-0.39, 0.29) is 11.9 Å². The first-order chi connectivity index (χ1) is 10.7. The molecule has 0 bridgehead atoms. The Balaban J connectivity index is 1.43. The summed E-state index contributed by atoms with van der Waals surface area (Å²) in [6.45, 7) is 3.01. The second-order valence-electron chi connectivity index (χ2n) is 5.25. The van der Waals surface area contributed by atoms with Crippen molar-refractivity contribution >= 4 is 23.0 Å². The van der Waals surface area contributed by atoms with Crippen LogP contribution in [0, 0.1) is 0 Å². The third kappa shape index (κ3) is 3.19. The van der Waals surface area contributed by atoms with E-state index in [2.05, 4.69) is 15.6 Å². The Labute approximate surface area is 128 Å². The highest BCUT2D eigenvalue weighted by atomic mass is 16.2. The molecule has 2 aromatic rings. The summed E-state index contributed by atoms with van der Waals surface area (Å²) in [5, 5.41) is 5.58. The lowest BCUT2D eigenvalue weighted by Gasteiger charge is -2.14. The summed E-state index contributed by atoms with van der Waals surface area (Å²) in [5.74, 6) is -0.0163. The summed E-state index contributed by atoms with van der Waals surface area (Å²) in [5.41, 5.74) is 1.96. The van der Waals surface area contributed by atoms with Crippen molar-refractivity contribution in [2.24, 2.45) is 0 Å². The third-order valence-corrected chi connectivity index (χ3v) is 3.76. The van der Waals surface area contributed by atoms with E-state index in [4.69, 9.17) is 0 Å². The molecule has 0 radical (unpaired) electrons. The standard InChI is InChI=1S/C15H19N5O2/c21-14(16-6-9-19-10-7-17-15(19)22)5-8-20-11-18-12-3-1-2-4-13(12)20/h1-4,11H,5-10H2,(H,16,21)(H,17,22). The first-order valence-electron chi connectivity index (χ1n) is 7.43. The SMILES string of the molecule is O=C(CCn1cnc2ccccc21)NCCN1CCNC1=O. The molecule has 7 heteroatoms. The maximum Gasteiger partial charge on any atom is 0.317 e. The molecule has 1 aliphatic heterocycles. The Kier molecular flexibility index (Phi) is 4.22. The maximum absolute atomic E-state index is 11.9. The van der Waals surface area contributed by atoms with Gasteiger partial charge in [-0.05, 0) is 12.1 Å². The minimum absolute atomic E-state index is 0.0163. The van der Waals surface area contributed by atoms with Gasteiger partial charge in [0.15, 0.2) is 0 Å². The molecule has 2 heterocycles. The molecule has 2 N–H and O–H groups in total. The summed E-state index contributed by atoms with van der Waals surface area (Å²) in [6, 6.07) is 7.79. The number of imidazole rings is 1. The Morgan fingerprint density at radius 2 is 2.18 bits per heavy atom. The van der Waals surface area contributed by atoms with E-state index in [0.717, 1.165) is 11.0 Å². The highest BCUT2D eigenvalue weighted by Crippen LogP contribution is 2.11. The number of hydrogen-bond acceptors (Lipinski definition) is 3. The summed E-state index contributed by atoms with van der Waals surface area (Å²) in [7, 11) is 0. The van der Waals surface area contributed by atoms with Crippen molar-refractivity contribution in [3.05, 3.63) is 30.6 Å². The third-order valence-electron chi connectivity index (χ3n) is 3.76. The second-order valence-corrected chi connectivity index (χ2v) is 5.25. The molecular formula is C15H19N5O2. The molecule has 1 aliphatic rings. The van der Waals surface area contributed by atoms with Crippen LogP contribution in [0.5, 0.6) is 0 Å². The maximum atomic E-state index is 11.9. The Hall–Kier alpha value is -2.57. The number of fused-ring (bicyclic) bond motifs is 1. The van der Waals surface area contributed by atoms with Crippen LogP contribution in [0.25, 0.3) is 11.0 Å². The molecule has 3 rings (SSSR count).